The second kappa shape index (κ2) is 4.24. The summed E-state index contributed by atoms with van der Waals surface area (Å²) in [7, 11) is 0. The molecule has 0 spiro atoms. The topological polar surface area (TPSA) is 72.5 Å². The average molecular weight is 245 g/mol. The van der Waals surface area contributed by atoms with E-state index in [1.807, 2.05) is 0 Å². The smallest absolute Gasteiger partial charge is 0.147 e. The molecule has 5 nitrogen and oxygen atoms in total. The molecule has 1 aliphatic rings. The van der Waals surface area contributed by atoms with Gasteiger partial charge in [0.1, 0.15) is 12.2 Å². The monoisotopic (exact) mass is 245 g/mol. The molecule has 0 amide bonds. The number of nitrogens with two attached hydrogens (primary N) is 1. The van der Waals surface area contributed by atoms with E-state index in [1.54, 1.807) is 6.33 Å². The Balaban J connectivity index is 2.07. The minimum absolute atomic E-state index is 0.182. The highest BCUT2D eigenvalue weighted by Gasteiger charge is 2.25. The number of nitrogens with zero attached hydrogens (tertiary/aromatic N) is 3. The quantitative estimate of drug-likeness (QED) is 0.848. The van der Waals surface area contributed by atoms with Gasteiger partial charge in [-0.25, -0.2) is 4.98 Å². The minimum atomic E-state index is 0.182. The molecule has 0 fully saturated rings. The van der Waals surface area contributed by atoms with Crippen molar-refractivity contribution in [3.63, 3.8) is 0 Å². The summed E-state index contributed by atoms with van der Waals surface area (Å²) in [5.41, 5.74) is 10.1. The van der Waals surface area contributed by atoms with Crippen LogP contribution in [0.25, 0.3) is 0 Å². The fourth-order valence-corrected chi connectivity index (χ4v) is 3.04. The molecular weight excluding hydrogens is 226 g/mol. The Labute approximate surface area is 106 Å². The van der Waals surface area contributed by atoms with Crippen molar-refractivity contribution in [3.8, 4) is 0 Å². The first kappa shape index (κ1) is 11.5. The van der Waals surface area contributed by atoms with Crippen LogP contribution in [-0.2, 0) is 6.42 Å². The standard InChI is InChI=1S/C13H19N5/c1-8-6-10-11(14)4-3-5-12(10)18(8)9(2)13-15-7-16-17-13/h6-7,9,11H,3-5,14H2,1-2H3,(H,15,16,17). The predicted octanol–water partition coefficient (Wildman–Crippen LogP) is 1.86. The summed E-state index contributed by atoms with van der Waals surface area (Å²) >= 11 is 0. The van der Waals surface area contributed by atoms with Crippen molar-refractivity contribution in [3.05, 3.63) is 35.2 Å². The van der Waals surface area contributed by atoms with Gasteiger partial charge in [-0.15, -0.1) is 0 Å². The Bertz CT molecular complexity index is 540. The van der Waals surface area contributed by atoms with Gasteiger partial charge in [0.15, 0.2) is 0 Å². The molecule has 0 aliphatic heterocycles. The van der Waals surface area contributed by atoms with Gasteiger partial charge in [-0.1, -0.05) is 0 Å². The second-order valence-electron chi connectivity index (χ2n) is 5.10. The van der Waals surface area contributed by atoms with Crippen LogP contribution in [0.4, 0.5) is 0 Å². The Morgan fingerprint density at radius 1 is 1.56 bits per heavy atom. The van der Waals surface area contributed by atoms with Crippen LogP contribution >= 0.6 is 0 Å². The van der Waals surface area contributed by atoms with Crippen molar-refractivity contribution in [2.75, 3.05) is 0 Å². The minimum Gasteiger partial charge on any atom is -0.338 e. The van der Waals surface area contributed by atoms with Gasteiger partial charge in [0.25, 0.3) is 0 Å². The fourth-order valence-electron chi connectivity index (χ4n) is 3.04. The molecule has 0 saturated carbocycles. The molecule has 96 valence electrons. The molecule has 2 aromatic rings. The highest BCUT2D eigenvalue weighted by atomic mass is 15.2. The summed E-state index contributed by atoms with van der Waals surface area (Å²) in [6.07, 6.45) is 4.92. The molecule has 18 heavy (non-hydrogen) atoms. The van der Waals surface area contributed by atoms with E-state index in [0.717, 1.165) is 18.7 Å². The number of nitrogens with one attached hydrogen (secondary N) is 1. The van der Waals surface area contributed by atoms with Gasteiger partial charge in [0.2, 0.25) is 0 Å². The van der Waals surface area contributed by atoms with Gasteiger partial charge in [0, 0.05) is 17.4 Å². The lowest BCUT2D eigenvalue weighted by Gasteiger charge is -2.23. The number of aromatic amines is 1. The number of hydrogen-bond donors (Lipinski definition) is 2. The summed E-state index contributed by atoms with van der Waals surface area (Å²) in [5.74, 6) is 0.899. The van der Waals surface area contributed by atoms with Crippen molar-refractivity contribution in [1.82, 2.24) is 19.7 Å². The third kappa shape index (κ3) is 1.66. The van der Waals surface area contributed by atoms with Crippen LogP contribution in [0.3, 0.4) is 0 Å². The molecule has 2 unspecified atom stereocenters. The molecule has 2 aromatic heterocycles. The van der Waals surface area contributed by atoms with E-state index in [1.165, 1.54) is 23.4 Å². The molecule has 0 aromatic carbocycles. The van der Waals surface area contributed by atoms with Crippen LogP contribution in [0, 0.1) is 6.92 Å². The van der Waals surface area contributed by atoms with E-state index in [9.17, 15) is 0 Å². The van der Waals surface area contributed by atoms with E-state index < -0.39 is 0 Å². The molecule has 0 bridgehead atoms. The third-order valence-corrected chi connectivity index (χ3v) is 3.91. The highest BCUT2D eigenvalue weighted by Crippen LogP contribution is 2.33. The summed E-state index contributed by atoms with van der Waals surface area (Å²) in [6.45, 7) is 4.28. The summed E-state index contributed by atoms with van der Waals surface area (Å²) in [5, 5.41) is 6.89. The van der Waals surface area contributed by atoms with E-state index in [-0.39, 0.29) is 12.1 Å². The molecule has 3 rings (SSSR count). The number of aryl methyl sites for hydroxylation is 1. The van der Waals surface area contributed by atoms with Crippen molar-refractivity contribution in [2.45, 2.75) is 45.2 Å². The van der Waals surface area contributed by atoms with Crippen LogP contribution in [0.5, 0.6) is 0 Å². The summed E-state index contributed by atoms with van der Waals surface area (Å²) in [6, 6.07) is 2.60. The molecule has 0 saturated heterocycles. The first-order chi connectivity index (χ1) is 8.68. The van der Waals surface area contributed by atoms with Crippen LogP contribution in [0.15, 0.2) is 12.4 Å². The van der Waals surface area contributed by atoms with Crippen LogP contribution in [-0.4, -0.2) is 19.7 Å². The predicted molar refractivity (Wildman–Crippen MR) is 69.2 cm³/mol. The van der Waals surface area contributed by atoms with Crippen LogP contribution in [0.1, 0.15) is 54.6 Å². The Morgan fingerprint density at radius 2 is 2.39 bits per heavy atom. The first-order valence-corrected chi connectivity index (χ1v) is 6.50. The maximum Gasteiger partial charge on any atom is 0.147 e. The van der Waals surface area contributed by atoms with Gasteiger partial charge < -0.3 is 10.3 Å². The van der Waals surface area contributed by atoms with Gasteiger partial charge in [-0.3, -0.25) is 5.10 Å². The molecular formula is C13H19N5. The lowest BCUT2D eigenvalue weighted by molar-refractivity contribution is 0.511. The van der Waals surface area contributed by atoms with E-state index in [2.05, 4.69) is 39.7 Å². The van der Waals surface area contributed by atoms with Gasteiger partial charge in [-0.2, -0.15) is 5.10 Å². The van der Waals surface area contributed by atoms with Crippen molar-refractivity contribution < 1.29 is 0 Å². The highest BCUT2D eigenvalue weighted by molar-refractivity contribution is 5.33. The number of H-pyrrole nitrogens is 1. The molecule has 0 radical (unpaired) electrons. The normalized spacial score (nSPS) is 20.7. The lowest BCUT2D eigenvalue weighted by atomic mass is 9.93. The zero-order valence-electron chi connectivity index (χ0n) is 10.8. The van der Waals surface area contributed by atoms with E-state index in [4.69, 9.17) is 5.73 Å². The third-order valence-electron chi connectivity index (χ3n) is 3.91. The molecule has 1 aliphatic carbocycles. The van der Waals surface area contributed by atoms with E-state index >= 15 is 0 Å². The van der Waals surface area contributed by atoms with Crippen LogP contribution in [0.2, 0.25) is 0 Å². The van der Waals surface area contributed by atoms with Gasteiger partial charge in [-0.05, 0) is 44.7 Å². The lowest BCUT2D eigenvalue weighted by Crippen LogP contribution is -2.20. The Morgan fingerprint density at radius 3 is 3.11 bits per heavy atom. The number of aromatic nitrogens is 4. The zero-order valence-corrected chi connectivity index (χ0v) is 10.8. The maximum atomic E-state index is 6.20. The zero-order chi connectivity index (χ0) is 12.7. The van der Waals surface area contributed by atoms with Crippen LogP contribution < -0.4 is 5.73 Å². The molecule has 3 N–H and O–H groups in total. The van der Waals surface area contributed by atoms with Gasteiger partial charge >= 0.3 is 0 Å². The summed E-state index contributed by atoms with van der Waals surface area (Å²) < 4.78 is 2.34. The number of fused-ring (bicyclic) bond motifs is 1. The Kier molecular flexibility index (Phi) is 2.70. The first-order valence-electron chi connectivity index (χ1n) is 6.50. The Hall–Kier alpha value is -1.62. The maximum absolute atomic E-state index is 6.20. The molecule has 5 heteroatoms. The van der Waals surface area contributed by atoms with Gasteiger partial charge in [0.05, 0.1) is 6.04 Å². The molecule has 2 heterocycles. The fraction of sp³-hybridized carbons (Fsp3) is 0.538. The number of hydrogen-bond acceptors (Lipinski definition) is 3. The summed E-state index contributed by atoms with van der Waals surface area (Å²) in [4.78, 5) is 4.26. The second-order valence-corrected chi connectivity index (χ2v) is 5.10. The van der Waals surface area contributed by atoms with Crippen molar-refractivity contribution in [2.24, 2.45) is 5.73 Å². The molecule has 2 atom stereocenters. The number of rotatable bonds is 2. The average Bonchev–Trinajstić information content (AvgIpc) is 2.96. The van der Waals surface area contributed by atoms with Crippen molar-refractivity contribution >= 4 is 0 Å². The SMILES string of the molecule is Cc1cc2c(n1C(C)c1ncn[nH]1)CCCC2N. The van der Waals surface area contributed by atoms with E-state index in [0.29, 0.717) is 0 Å². The van der Waals surface area contributed by atoms with Crippen molar-refractivity contribution in [1.29, 1.82) is 0 Å². The largest absolute Gasteiger partial charge is 0.338 e.